The van der Waals surface area contributed by atoms with E-state index in [2.05, 4.69) is 4.98 Å². The van der Waals surface area contributed by atoms with Crippen LogP contribution in [0.5, 0.6) is 0 Å². The molecule has 0 radical (unpaired) electrons. The maximum atomic E-state index is 11.1. The molecule has 0 aliphatic carbocycles. The van der Waals surface area contributed by atoms with Gasteiger partial charge in [0.25, 0.3) is 5.91 Å². The minimum Gasteiger partial charge on any atom is -0.393 e. The number of primary amides is 1. The van der Waals surface area contributed by atoms with Gasteiger partial charge in [-0.1, -0.05) is 6.07 Å². The molecule has 1 unspecified atom stereocenters. The van der Waals surface area contributed by atoms with Gasteiger partial charge < -0.3 is 16.6 Å². The molecule has 0 spiro atoms. The van der Waals surface area contributed by atoms with Gasteiger partial charge in [-0.3, -0.25) is 9.78 Å². The van der Waals surface area contributed by atoms with Gasteiger partial charge in [0.15, 0.2) is 0 Å². The Morgan fingerprint density at radius 3 is 2.74 bits per heavy atom. The highest BCUT2D eigenvalue weighted by atomic mass is 32.1. The number of nitrogens with zero attached hydrogens (tertiary/aromatic N) is 1. The van der Waals surface area contributed by atoms with Gasteiger partial charge in [-0.05, 0) is 19.1 Å². The Labute approximate surface area is 114 Å². The second kappa shape index (κ2) is 5.38. The van der Waals surface area contributed by atoms with Crippen molar-refractivity contribution in [3.63, 3.8) is 0 Å². The summed E-state index contributed by atoms with van der Waals surface area (Å²) in [6, 6.07) is 5.41. The summed E-state index contributed by atoms with van der Waals surface area (Å²) < 4.78 is 0. The Bertz CT molecular complexity index is 590. The highest BCUT2D eigenvalue weighted by Crippen LogP contribution is 2.32. The van der Waals surface area contributed by atoms with E-state index in [9.17, 15) is 9.90 Å². The van der Waals surface area contributed by atoms with Crippen molar-refractivity contribution in [3.05, 3.63) is 35.7 Å². The molecule has 2 rings (SSSR count). The second-order valence-electron chi connectivity index (χ2n) is 4.34. The number of hydrogen-bond donors (Lipinski definition) is 3. The lowest BCUT2D eigenvalue weighted by atomic mass is 10.1. The number of thiophene rings is 1. The van der Waals surface area contributed by atoms with Crippen LogP contribution in [0.25, 0.3) is 10.4 Å². The van der Waals surface area contributed by atoms with Crippen LogP contribution in [0.2, 0.25) is 0 Å². The van der Waals surface area contributed by atoms with Gasteiger partial charge in [0, 0.05) is 28.8 Å². The van der Waals surface area contributed by atoms with Crippen LogP contribution in [0.3, 0.4) is 0 Å². The van der Waals surface area contributed by atoms with Gasteiger partial charge in [0.1, 0.15) is 0 Å². The fourth-order valence-electron chi connectivity index (χ4n) is 1.73. The summed E-state index contributed by atoms with van der Waals surface area (Å²) in [5.41, 5.74) is 13.0. The largest absolute Gasteiger partial charge is 0.393 e. The summed E-state index contributed by atoms with van der Waals surface area (Å²) in [5.74, 6) is -0.529. The lowest BCUT2D eigenvalue weighted by molar-refractivity contribution is 0.100. The summed E-state index contributed by atoms with van der Waals surface area (Å²) in [5, 5.41) is 9.70. The molecule has 0 aliphatic heterocycles. The normalized spacial score (nSPS) is 12.3. The van der Waals surface area contributed by atoms with Crippen molar-refractivity contribution in [1.82, 2.24) is 4.98 Å². The topological polar surface area (TPSA) is 102 Å². The highest BCUT2D eigenvalue weighted by molar-refractivity contribution is 7.19. The number of carbonyl (C=O) groups excluding carboxylic acids is 1. The number of rotatable bonds is 4. The molecule has 0 bridgehead atoms. The molecule has 0 saturated heterocycles. The third-order valence-corrected chi connectivity index (χ3v) is 3.65. The Hall–Kier alpha value is -1.92. The van der Waals surface area contributed by atoms with E-state index in [0.29, 0.717) is 17.0 Å². The summed E-state index contributed by atoms with van der Waals surface area (Å²) >= 11 is 1.30. The van der Waals surface area contributed by atoms with Crippen LogP contribution >= 0.6 is 11.3 Å². The molecule has 5 nitrogen and oxygen atoms in total. The summed E-state index contributed by atoms with van der Waals surface area (Å²) in [6.45, 7) is 1.72. The fourth-order valence-corrected chi connectivity index (χ4v) is 2.66. The SMILES string of the molecule is CC(O)Cc1ccc(-c2cc(C(N)=O)c(N)s2)cn1. The standard InChI is InChI=1S/C13H15N3O2S/c1-7(17)4-9-3-2-8(6-16-9)11-5-10(12(14)18)13(15)19-11/h2-3,5-7,17H,4,15H2,1H3,(H2,14,18). The van der Waals surface area contributed by atoms with Crippen molar-refractivity contribution in [2.75, 3.05) is 5.73 Å². The van der Waals surface area contributed by atoms with Gasteiger partial charge in [-0.2, -0.15) is 0 Å². The van der Waals surface area contributed by atoms with Crippen LogP contribution in [0, 0.1) is 0 Å². The number of pyridine rings is 1. The number of amides is 1. The average molecular weight is 277 g/mol. The maximum absolute atomic E-state index is 11.1. The predicted octanol–water partition coefficient (Wildman–Crippen LogP) is 1.41. The van der Waals surface area contributed by atoms with E-state index in [1.165, 1.54) is 11.3 Å². The first-order valence-electron chi connectivity index (χ1n) is 5.80. The molecule has 19 heavy (non-hydrogen) atoms. The highest BCUT2D eigenvalue weighted by Gasteiger charge is 2.12. The van der Waals surface area contributed by atoms with Gasteiger partial charge in [-0.15, -0.1) is 11.3 Å². The summed E-state index contributed by atoms with van der Waals surface area (Å²) in [4.78, 5) is 16.3. The van der Waals surface area contributed by atoms with Gasteiger partial charge in [-0.25, -0.2) is 0 Å². The molecule has 2 aromatic rings. The van der Waals surface area contributed by atoms with E-state index in [1.807, 2.05) is 12.1 Å². The third-order valence-electron chi connectivity index (χ3n) is 2.64. The van der Waals surface area contributed by atoms with Gasteiger partial charge in [0.05, 0.1) is 16.7 Å². The molecular weight excluding hydrogens is 262 g/mol. The van der Waals surface area contributed by atoms with Crippen LogP contribution in [-0.4, -0.2) is 22.1 Å². The number of carbonyl (C=O) groups is 1. The smallest absolute Gasteiger partial charge is 0.251 e. The first kappa shape index (κ1) is 13.5. The van der Waals surface area contributed by atoms with Crippen LogP contribution < -0.4 is 11.5 Å². The molecule has 6 heteroatoms. The van der Waals surface area contributed by atoms with E-state index in [0.717, 1.165) is 16.1 Å². The van der Waals surface area contributed by atoms with Crippen molar-refractivity contribution in [2.24, 2.45) is 5.73 Å². The molecule has 0 aliphatic rings. The van der Waals surface area contributed by atoms with Gasteiger partial charge >= 0.3 is 0 Å². The molecule has 0 fully saturated rings. The molecule has 0 aromatic carbocycles. The lowest BCUT2D eigenvalue weighted by Gasteiger charge is -2.04. The van der Waals surface area contributed by atoms with Gasteiger partial charge in [0.2, 0.25) is 0 Å². The molecule has 2 aromatic heterocycles. The zero-order valence-corrected chi connectivity index (χ0v) is 11.3. The van der Waals surface area contributed by atoms with E-state index in [4.69, 9.17) is 11.5 Å². The quantitative estimate of drug-likeness (QED) is 0.786. The Morgan fingerprint density at radius 2 is 2.26 bits per heavy atom. The number of aliphatic hydroxyl groups excluding tert-OH is 1. The van der Waals surface area contributed by atoms with Crippen LogP contribution in [0.15, 0.2) is 24.4 Å². The molecule has 1 atom stereocenters. The van der Waals surface area contributed by atoms with E-state index >= 15 is 0 Å². The number of nitrogens with two attached hydrogens (primary N) is 2. The van der Waals surface area contributed by atoms with Crippen LogP contribution in [-0.2, 0) is 6.42 Å². The van der Waals surface area contributed by atoms with Crippen LogP contribution in [0.1, 0.15) is 23.0 Å². The minimum atomic E-state index is -0.529. The molecule has 5 N–H and O–H groups in total. The average Bonchev–Trinajstić information content (AvgIpc) is 2.71. The van der Waals surface area contributed by atoms with E-state index < -0.39 is 12.0 Å². The number of aromatic nitrogens is 1. The zero-order chi connectivity index (χ0) is 14.0. The Balaban J connectivity index is 2.27. The van der Waals surface area contributed by atoms with Crippen molar-refractivity contribution in [1.29, 1.82) is 0 Å². The number of anilines is 1. The lowest BCUT2D eigenvalue weighted by Crippen LogP contribution is -2.11. The van der Waals surface area contributed by atoms with Crippen molar-refractivity contribution in [2.45, 2.75) is 19.4 Å². The monoisotopic (exact) mass is 277 g/mol. The zero-order valence-electron chi connectivity index (χ0n) is 10.5. The molecule has 2 heterocycles. The molecular formula is C13H15N3O2S. The third kappa shape index (κ3) is 3.10. The molecule has 0 saturated carbocycles. The predicted molar refractivity (Wildman–Crippen MR) is 75.9 cm³/mol. The van der Waals surface area contributed by atoms with E-state index in [-0.39, 0.29) is 0 Å². The number of hydrogen-bond acceptors (Lipinski definition) is 5. The fraction of sp³-hybridized carbons (Fsp3) is 0.231. The first-order valence-corrected chi connectivity index (χ1v) is 6.61. The van der Waals surface area contributed by atoms with Crippen molar-refractivity contribution >= 4 is 22.2 Å². The number of nitrogen functional groups attached to an aromatic ring is 1. The molecule has 1 amide bonds. The van der Waals surface area contributed by atoms with E-state index in [1.54, 1.807) is 19.2 Å². The summed E-state index contributed by atoms with van der Waals surface area (Å²) in [6.07, 6.45) is 1.80. The van der Waals surface area contributed by atoms with Crippen molar-refractivity contribution < 1.29 is 9.90 Å². The number of aliphatic hydroxyl groups is 1. The maximum Gasteiger partial charge on any atom is 0.251 e. The van der Waals surface area contributed by atoms with Crippen LogP contribution in [0.4, 0.5) is 5.00 Å². The van der Waals surface area contributed by atoms with Crippen molar-refractivity contribution in [3.8, 4) is 10.4 Å². The minimum absolute atomic E-state index is 0.341. The summed E-state index contributed by atoms with van der Waals surface area (Å²) in [7, 11) is 0. The Morgan fingerprint density at radius 1 is 1.53 bits per heavy atom. The molecule has 100 valence electrons. The second-order valence-corrected chi connectivity index (χ2v) is 5.43. The first-order chi connectivity index (χ1) is 8.97. The Kier molecular flexibility index (Phi) is 3.82.